The van der Waals surface area contributed by atoms with Crippen molar-refractivity contribution in [2.24, 2.45) is 5.92 Å². The first kappa shape index (κ1) is 15.5. The van der Waals surface area contributed by atoms with Gasteiger partial charge in [0.25, 0.3) is 5.91 Å². The average molecular weight is 290 g/mol. The second-order valence-corrected chi connectivity index (χ2v) is 5.65. The topological polar surface area (TPSA) is 58.6 Å². The number of carbonyl (C=O) groups excluding carboxylic acids is 2. The van der Waals surface area contributed by atoms with Crippen LogP contribution < -0.4 is 5.32 Å². The Labute approximate surface area is 125 Å². The van der Waals surface area contributed by atoms with Crippen molar-refractivity contribution in [1.29, 1.82) is 0 Å². The summed E-state index contributed by atoms with van der Waals surface area (Å²) in [5.41, 5.74) is 1.24. The Morgan fingerprint density at radius 1 is 1.38 bits per heavy atom. The van der Waals surface area contributed by atoms with E-state index in [9.17, 15) is 9.59 Å². The molecule has 21 heavy (non-hydrogen) atoms. The van der Waals surface area contributed by atoms with Crippen LogP contribution in [0.1, 0.15) is 31.1 Å². The summed E-state index contributed by atoms with van der Waals surface area (Å²) >= 11 is 0. The maximum Gasteiger partial charge on any atom is 0.254 e. The van der Waals surface area contributed by atoms with E-state index in [1.807, 2.05) is 25.7 Å². The third kappa shape index (κ3) is 3.82. The normalized spacial score (nSPS) is 18.7. The number of anilines is 1. The molecule has 1 N–H and O–H groups in total. The van der Waals surface area contributed by atoms with Crippen LogP contribution in [-0.2, 0) is 9.53 Å². The van der Waals surface area contributed by atoms with Crippen LogP contribution in [0.2, 0.25) is 0 Å². The third-order valence-corrected chi connectivity index (χ3v) is 3.53. The molecule has 1 aliphatic rings. The van der Waals surface area contributed by atoms with Crippen LogP contribution in [0.15, 0.2) is 24.3 Å². The second-order valence-electron chi connectivity index (χ2n) is 5.65. The minimum absolute atomic E-state index is 0.0218. The fourth-order valence-electron chi connectivity index (χ4n) is 2.21. The fraction of sp³-hybridized carbons (Fsp3) is 0.500. The lowest BCUT2D eigenvalue weighted by molar-refractivity contribution is -0.118. The SMILES string of the molecule is CC(C)C(=O)Nc1cccc(C(=O)N2CCOCC2C)c1. The van der Waals surface area contributed by atoms with Crippen LogP contribution in [0.25, 0.3) is 0 Å². The summed E-state index contributed by atoms with van der Waals surface area (Å²) in [6.07, 6.45) is 0. The zero-order valence-corrected chi connectivity index (χ0v) is 12.8. The van der Waals surface area contributed by atoms with Crippen molar-refractivity contribution in [2.45, 2.75) is 26.8 Å². The van der Waals surface area contributed by atoms with Crippen molar-refractivity contribution in [1.82, 2.24) is 4.90 Å². The van der Waals surface area contributed by atoms with Crippen molar-refractivity contribution in [3.63, 3.8) is 0 Å². The first-order chi connectivity index (χ1) is 9.99. The number of nitrogens with one attached hydrogen (secondary N) is 1. The highest BCUT2D eigenvalue weighted by atomic mass is 16.5. The van der Waals surface area contributed by atoms with Crippen LogP contribution in [0.5, 0.6) is 0 Å². The van der Waals surface area contributed by atoms with Gasteiger partial charge in [-0.15, -0.1) is 0 Å². The van der Waals surface area contributed by atoms with Gasteiger partial charge in [0.1, 0.15) is 0 Å². The molecule has 0 spiro atoms. The van der Waals surface area contributed by atoms with Gasteiger partial charge in [-0.3, -0.25) is 9.59 Å². The van der Waals surface area contributed by atoms with Gasteiger partial charge in [-0.2, -0.15) is 0 Å². The van der Waals surface area contributed by atoms with Gasteiger partial charge in [0.05, 0.1) is 19.3 Å². The first-order valence-electron chi connectivity index (χ1n) is 7.28. The van der Waals surface area contributed by atoms with Crippen molar-refractivity contribution in [2.75, 3.05) is 25.1 Å². The van der Waals surface area contributed by atoms with Crippen LogP contribution in [-0.4, -0.2) is 42.5 Å². The monoisotopic (exact) mass is 290 g/mol. The summed E-state index contributed by atoms with van der Waals surface area (Å²) in [5, 5.41) is 2.82. The van der Waals surface area contributed by atoms with E-state index in [1.54, 1.807) is 24.3 Å². The van der Waals surface area contributed by atoms with E-state index in [0.29, 0.717) is 31.0 Å². The van der Waals surface area contributed by atoms with Crippen LogP contribution in [0.3, 0.4) is 0 Å². The number of hydrogen-bond donors (Lipinski definition) is 1. The molecule has 1 unspecified atom stereocenters. The number of hydrogen-bond acceptors (Lipinski definition) is 3. The first-order valence-corrected chi connectivity index (χ1v) is 7.28. The molecule has 5 nitrogen and oxygen atoms in total. The minimum atomic E-state index is -0.0939. The number of ether oxygens (including phenoxy) is 1. The molecule has 1 atom stereocenters. The number of benzene rings is 1. The van der Waals surface area contributed by atoms with Crippen molar-refractivity contribution >= 4 is 17.5 Å². The van der Waals surface area contributed by atoms with Gasteiger partial charge in [0, 0.05) is 23.7 Å². The van der Waals surface area contributed by atoms with Gasteiger partial charge in [-0.25, -0.2) is 0 Å². The Hall–Kier alpha value is -1.88. The molecular weight excluding hydrogens is 268 g/mol. The maximum atomic E-state index is 12.5. The summed E-state index contributed by atoms with van der Waals surface area (Å²) < 4.78 is 5.35. The average Bonchev–Trinajstić information content (AvgIpc) is 2.47. The Balaban J connectivity index is 2.13. The molecular formula is C16H22N2O3. The Morgan fingerprint density at radius 3 is 2.81 bits per heavy atom. The summed E-state index contributed by atoms with van der Waals surface area (Å²) in [5.74, 6) is -0.172. The van der Waals surface area contributed by atoms with E-state index in [-0.39, 0.29) is 23.8 Å². The molecule has 1 fully saturated rings. The van der Waals surface area contributed by atoms with Crippen molar-refractivity contribution in [3.05, 3.63) is 29.8 Å². The minimum Gasteiger partial charge on any atom is -0.377 e. The van der Waals surface area contributed by atoms with Crippen LogP contribution in [0.4, 0.5) is 5.69 Å². The van der Waals surface area contributed by atoms with Crippen molar-refractivity contribution < 1.29 is 14.3 Å². The van der Waals surface area contributed by atoms with Gasteiger partial charge in [0.15, 0.2) is 0 Å². The molecule has 0 bridgehead atoms. The lowest BCUT2D eigenvalue weighted by Crippen LogP contribution is -2.47. The number of carbonyl (C=O) groups is 2. The maximum absolute atomic E-state index is 12.5. The molecule has 5 heteroatoms. The zero-order chi connectivity index (χ0) is 15.4. The lowest BCUT2D eigenvalue weighted by atomic mass is 10.1. The Kier molecular flexibility index (Phi) is 4.96. The summed E-state index contributed by atoms with van der Waals surface area (Å²) in [6.45, 7) is 7.37. The molecule has 114 valence electrons. The predicted octanol–water partition coefficient (Wildman–Crippen LogP) is 2.14. The molecule has 0 aliphatic carbocycles. The van der Waals surface area contributed by atoms with E-state index < -0.39 is 0 Å². The van der Waals surface area contributed by atoms with Gasteiger partial charge in [-0.1, -0.05) is 19.9 Å². The second kappa shape index (κ2) is 6.72. The van der Waals surface area contributed by atoms with Gasteiger partial charge >= 0.3 is 0 Å². The molecule has 1 aromatic rings. The summed E-state index contributed by atoms with van der Waals surface area (Å²) in [6, 6.07) is 7.15. The van der Waals surface area contributed by atoms with E-state index >= 15 is 0 Å². The van der Waals surface area contributed by atoms with Crippen molar-refractivity contribution in [3.8, 4) is 0 Å². The molecule has 2 rings (SSSR count). The lowest BCUT2D eigenvalue weighted by Gasteiger charge is -2.33. The molecule has 0 saturated carbocycles. The molecule has 2 amide bonds. The third-order valence-electron chi connectivity index (χ3n) is 3.53. The Morgan fingerprint density at radius 2 is 2.14 bits per heavy atom. The number of morpholine rings is 1. The van der Waals surface area contributed by atoms with Gasteiger partial charge < -0.3 is 15.0 Å². The van der Waals surface area contributed by atoms with E-state index in [4.69, 9.17) is 4.74 Å². The largest absolute Gasteiger partial charge is 0.377 e. The highest BCUT2D eigenvalue weighted by Crippen LogP contribution is 2.16. The molecule has 0 aromatic heterocycles. The predicted molar refractivity (Wildman–Crippen MR) is 81.2 cm³/mol. The Bertz CT molecular complexity index is 528. The number of nitrogens with zero attached hydrogens (tertiary/aromatic N) is 1. The van der Waals surface area contributed by atoms with Gasteiger partial charge in [0.2, 0.25) is 5.91 Å². The quantitative estimate of drug-likeness (QED) is 0.928. The molecule has 1 aliphatic heterocycles. The standard InChI is InChI=1S/C16H22N2O3/c1-11(2)15(19)17-14-6-4-5-13(9-14)16(20)18-7-8-21-10-12(18)3/h4-6,9,11-12H,7-8,10H2,1-3H3,(H,17,19). The summed E-state index contributed by atoms with van der Waals surface area (Å²) in [4.78, 5) is 26.1. The highest BCUT2D eigenvalue weighted by molar-refractivity contribution is 5.97. The molecule has 1 heterocycles. The van der Waals surface area contributed by atoms with Gasteiger partial charge in [-0.05, 0) is 25.1 Å². The highest BCUT2D eigenvalue weighted by Gasteiger charge is 2.24. The molecule has 1 aromatic carbocycles. The van der Waals surface area contributed by atoms with Crippen LogP contribution >= 0.6 is 0 Å². The van der Waals surface area contributed by atoms with E-state index in [1.165, 1.54) is 0 Å². The number of amides is 2. The number of rotatable bonds is 3. The zero-order valence-electron chi connectivity index (χ0n) is 12.8. The van der Waals surface area contributed by atoms with Crippen LogP contribution in [0, 0.1) is 5.92 Å². The fourth-order valence-corrected chi connectivity index (χ4v) is 2.21. The van der Waals surface area contributed by atoms with E-state index in [0.717, 1.165) is 0 Å². The van der Waals surface area contributed by atoms with E-state index in [2.05, 4.69) is 5.32 Å². The molecule has 1 saturated heterocycles. The molecule has 0 radical (unpaired) electrons. The smallest absolute Gasteiger partial charge is 0.254 e. The summed E-state index contributed by atoms with van der Waals surface area (Å²) in [7, 11) is 0.